The standard InChI is InChI=1S/C20H20F2N2O2S/c1-12-7-17-19(27-12)9-18(20(25)23-10-15-3-2-6-26-15)24(17)11-13-4-5-14(21)8-16(13)22/h4-5,7-9,15H,2-3,6,10-11H2,1H3,(H,23,25)/t15-/m0/s1. The van der Waals surface area contributed by atoms with Gasteiger partial charge in [0.2, 0.25) is 0 Å². The summed E-state index contributed by atoms with van der Waals surface area (Å²) in [6, 6.07) is 7.34. The lowest BCUT2D eigenvalue weighted by Gasteiger charge is -2.14. The van der Waals surface area contributed by atoms with E-state index in [0.717, 1.165) is 40.6 Å². The molecule has 4 rings (SSSR count). The van der Waals surface area contributed by atoms with E-state index in [-0.39, 0.29) is 18.6 Å². The highest BCUT2D eigenvalue weighted by atomic mass is 32.1. The van der Waals surface area contributed by atoms with Gasteiger partial charge in [-0.2, -0.15) is 0 Å². The molecule has 4 nitrogen and oxygen atoms in total. The Labute approximate surface area is 159 Å². The maximum atomic E-state index is 14.2. The number of ether oxygens (including phenoxy) is 1. The molecule has 1 atom stereocenters. The quantitative estimate of drug-likeness (QED) is 0.708. The van der Waals surface area contributed by atoms with Gasteiger partial charge in [0.25, 0.3) is 5.91 Å². The normalized spacial score (nSPS) is 16.9. The number of thiophene rings is 1. The van der Waals surface area contributed by atoms with Crippen LogP contribution in [0, 0.1) is 18.6 Å². The van der Waals surface area contributed by atoms with Crippen molar-refractivity contribution in [3.05, 3.63) is 58.1 Å². The van der Waals surface area contributed by atoms with Gasteiger partial charge in [0.05, 0.1) is 22.9 Å². The molecule has 1 amide bonds. The molecule has 1 saturated heterocycles. The van der Waals surface area contributed by atoms with Gasteiger partial charge in [0.1, 0.15) is 17.3 Å². The first kappa shape index (κ1) is 18.1. The number of aromatic nitrogens is 1. The zero-order valence-electron chi connectivity index (χ0n) is 14.9. The molecular weight excluding hydrogens is 370 g/mol. The van der Waals surface area contributed by atoms with E-state index in [9.17, 15) is 13.6 Å². The van der Waals surface area contributed by atoms with Crippen molar-refractivity contribution >= 4 is 27.5 Å². The van der Waals surface area contributed by atoms with Crippen molar-refractivity contribution in [1.29, 1.82) is 0 Å². The van der Waals surface area contributed by atoms with Crippen molar-refractivity contribution in [2.75, 3.05) is 13.2 Å². The zero-order chi connectivity index (χ0) is 19.0. The predicted octanol–water partition coefficient (Wildman–Crippen LogP) is 4.25. The maximum Gasteiger partial charge on any atom is 0.268 e. The van der Waals surface area contributed by atoms with E-state index in [0.29, 0.717) is 17.8 Å². The van der Waals surface area contributed by atoms with Crippen LogP contribution in [0.4, 0.5) is 8.78 Å². The number of amides is 1. The Bertz CT molecular complexity index is 989. The van der Waals surface area contributed by atoms with Crippen LogP contribution in [0.15, 0.2) is 30.3 Å². The summed E-state index contributed by atoms with van der Waals surface area (Å²) in [4.78, 5) is 13.9. The predicted molar refractivity (Wildman–Crippen MR) is 101 cm³/mol. The Morgan fingerprint density at radius 3 is 2.93 bits per heavy atom. The Kier molecular flexibility index (Phi) is 4.97. The van der Waals surface area contributed by atoms with E-state index in [1.807, 2.05) is 19.1 Å². The maximum absolute atomic E-state index is 14.2. The first-order valence-electron chi connectivity index (χ1n) is 8.94. The van der Waals surface area contributed by atoms with E-state index >= 15 is 0 Å². The third kappa shape index (κ3) is 3.75. The zero-order valence-corrected chi connectivity index (χ0v) is 15.7. The third-order valence-corrected chi connectivity index (χ3v) is 5.79. The molecule has 27 heavy (non-hydrogen) atoms. The average Bonchev–Trinajstić information content (AvgIpc) is 3.32. The molecule has 0 unspecified atom stereocenters. The molecule has 1 aliphatic heterocycles. The smallest absolute Gasteiger partial charge is 0.268 e. The van der Waals surface area contributed by atoms with Crippen LogP contribution < -0.4 is 5.32 Å². The highest BCUT2D eigenvalue weighted by molar-refractivity contribution is 7.19. The number of halogens is 2. The van der Waals surface area contributed by atoms with Gasteiger partial charge in [-0.25, -0.2) is 8.78 Å². The van der Waals surface area contributed by atoms with Crippen LogP contribution in [0.1, 0.15) is 33.8 Å². The molecular formula is C20H20F2N2O2S. The van der Waals surface area contributed by atoms with Gasteiger partial charge in [-0.1, -0.05) is 6.07 Å². The molecule has 3 heterocycles. The van der Waals surface area contributed by atoms with Gasteiger partial charge in [-0.05, 0) is 38.0 Å². The number of carbonyl (C=O) groups excluding carboxylic acids is 1. The minimum Gasteiger partial charge on any atom is -0.376 e. The molecule has 0 aliphatic carbocycles. The molecule has 142 valence electrons. The minimum absolute atomic E-state index is 0.0512. The molecule has 2 aromatic heterocycles. The summed E-state index contributed by atoms with van der Waals surface area (Å²) in [5.74, 6) is -1.45. The lowest BCUT2D eigenvalue weighted by molar-refractivity contribution is 0.0851. The summed E-state index contributed by atoms with van der Waals surface area (Å²) in [6.45, 7) is 3.34. The number of aryl methyl sites for hydroxylation is 1. The van der Waals surface area contributed by atoms with Crippen LogP contribution in [0.3, 0.4) is 0 Å². The Balaban J connectivity index is 1.64. The summed E-state index contributed by atoms with van der Waals surface area (Å²) in [5, 5.41) is 2.92. The number of nitrogens with one attached hydrogen (secondary N) is 1. The second-order valence-corrected chi connectivity index (χ2v) is 8.09. The van der Waals surface area contributed by atoms with E-state index in [1.54, 1.807) is 15.9 Å². The fraction of sp³-hybridized carbons (Fsp3) is 0.350. The lowest BCUT2D eigenvalue weighted by atomic mass is 10.2. The Hall–Kier alpha value is -2.25. The summed E-state index contributed by atoms with van der Waals surface area (Å²) < 4.78 is 35.7. The molecule has 7 heteroatoms. The van der Waals surface area contributed by atoms with E-state index in [1.165, 1.54) is 12.1 Å². The molecule has 1 aromatic carbocycles. The van der Waals surface area contributed by atoms with Crippen molar-refractivity contribution in [2.45, 2.75) is 32.4 Å². The molecule has 1 N–H and O–H groups in total. The number of benzene rings is 1. The van der Waals surface area contributed by atoms with E-state index in [2.05, 4.69) is 5.32 Å². The average molecular weight is 390 g/mol. The van der Waals surface area contributed by atoms with Crippen LogP contribution in [0.25, 0.3) is 10.2 Å². The monoisotopic (exact) mass is 390 g/mol. The van der Waals surface area contributed by atoms with Crippen LogP contribution in [-0.4, -0.2) is 29.7 Å². The Morgan fingerprint density at radius 2 is 2.19 bits per heavy atom. The van der Waals surface area contributed by atoms with Crippen molar-refractivity contribution < 1.29 is 18.3 Å². The number of rotatable bonds is 5. The van der Waals surface area contributed by atoms with Gasteiger partial charge < -0.3 is 14.6 Å². The summed E-state index contributed by atoms with van der Waals surface area (Å²) in [5.41, 5.74) is 1.69. The fourth-order valence-electron chi connectivity index (χ4n) is 3.45. The molecule has 0 bridgehead atoms. The first-order chi connectivity index (χ1) is 13.0. The van der Waals surface area contributed by atoms with Gasteiger partial charge >= 0.3 is 0 Å². The second-order valence-electron chi connectivity index (χ2n) is 6.80. The van der Waals surface area contributed by atoms with Gasteiger partial charge in [0.15, 0.2) is 0 Å². The molecule has 3 aromatic rings. The number of hydrogen-bond donors (Lipinski definition) is 1. The van der Waals surface area contributed by atoms with Crippen molar-refractivity contribution in [3.8, 4) is 0 Å². The number of nitrogens with zero attached hydrogens (tertiary/aromatic N) is 1. The summed E-state index contributed by atoms with van der Waals surface area (Å²) in [7, 11) is 0. The minimum atomic E-state index is -0.616. The molecule has 0 spiro atoms. The van der Waals surface area contributed by atoms with Crippen LogP contribution in [0.2, 0.25) is 0 Å². The van der Waals surface area contributed by atoms with Crippen LogP contribution in [-0.2, 0) is 11.3 Å². The van der Waals surface area contributed by atoms with Gasteiger partial charge in [-0.15, -0.1) is 11.3 Å². The highest BCUT2D eigenvalue weighted by Crippen LogP contribution is 2.30. The topological polar surface area (TPSA) is 43.3 Å². The first-order valence-corrected chi connectivity index (χ1v) is 9.76. The fourth-order valence-corrected chi connectivity index (χ4v) is 4.41. The van der Waals surface area contributed by atoms with Crippen molar-refractivity contribution in [1.82, 2.24) is 9.88 Å². The van der Waals surface area contributed by atoms with Gasteiger partial charge in [-0.3, -0.25) is 4.79 Å². The Morgan fingerprint density at radius 1 is 1.33 bits per heavy atom. The molecule has 0 radical (unpaired) electrons. The number of fused-ring (bicyclic) bond motifs is 1. The molecule has 1 aliphatic rings. The number of hydrogen-bond acceptors (Lipinski definition) is 3. The van der Waals surface area contributed by atoms with Crippen LogP contribution >= 0.6 is 11.3 Å². The van der Waals surface area contributed by atoms with Crippen molar-refractivity contribution in [2.24, 2.45) is 0 Å². The lowest BCUT2D eigenvalue weighted by Crippen LogP contribution is -2.33. The summed E-state index contributed by atoms with van der Waals surface area (Å²) in [6.07, 6.45) is 2.00. The second kappa shape index (κ2) is 7.40. The number of carbonyl (C=O) groups is 1. The largest absolute Gasteiger partial charge is 0.376 e. The third-order valence-electron chi connectivity index (χ3n) is 4.80. The highest BCUT2D eigenvalue weighted by Gasteiger charge is 2.21. The molecule has 1 fully saturated rings. The van der Waals surface area contributed by atoms with Crippen molar-refractivity contribution in [3.63, 3.8) is 0 Å². The molecule has 0 saturated carbocycles. The van der Waals surface area contributed by atoms with Crippen LogP contribution in [0.5, 0.6) is 0 Å². The summed E-state index contributed by atoms with van der Waals surface area (Å²) >= 11 is 1.59. The van der Waals surface area contributed by atoms with E-state index < -0.39 is 11.6 Å². The van der Waals surface area contributed by atoms with Gasteiger partial charge in [0, 0.05) is 29.7 Å². The van der Waals surface area contributed by atoms with E-state index in [4.69, 9.17) is 4.74 Å². The SMILES string of the molecule is Cc1cc2c(cc(C(=O)NC[C@@H]3CCCO3)n2Cc2ccc(F)cc2F)s1.